The number of carbonyl (C=O) groups excluding carboxylic acids is 1. The van der Waals surface area contributed by atoms with Crippen molar-refractivity contribution in [3.8, 4) is 0 Å². The van der Waals surface area contributed by atoms with Gasteiger partial charge in [0.05, 0.1) is 24.9 Å². The molecule has 0 amide bonds. The molecule has 2 aromatic rings. The maximum Gasteiger partial charge on any atom is 0.311 e. The monoisotopic (exact) mass is 415 g/mol. The van der Waals surface area contributed by atoms with E-state index in [9.17, 15) is 4.79 Å². The minimum atomic E-state index is -0.267. The van der Waals surface area contributed by atoms with E-state index in [-0.39, 0.29) is 12.4 Å². The van der Waals surface area contributed by atoms with Gasteiger partial charge >= 0.3 is 5.97 Å². The Morgan fingerprint density at radius 3 is 2.95 bits per heavy atom. The number of carbonyl (C=O) groups is 1. The Bertz CT molecular complexity index is 625. The van der Waals surface area contributed by atoms with Gasteiger partial charge in [0.1, 0.15) is 0 Å². The lowest BCUT2D eigenvalue weighted by atomic mass is 10.2. The third-order valence-electron chi connectivity index (χ3n) is 2.43. The molecule has 0 aliphatic carbocycles. The Hall–Kier alpha value is -1.48. The van der Waals surface area contributed by atoms with Crippen LogP contribution in [0.15, 0.2) is 34.7 Å². The van der Waals surface area contributed by atoms with Gasteiger partial charge in [-0.15, -0.1) is 11.3 Å². The highest BCUT2D eigenvalue weighted by Crippen LogP contribution is 2.16. The number of rotatable bonds is 6. The van der Waals surface area contributed by atoms with E-state index in [1.165, 1.54) is 14.9 Å². The molecule has 1 aromatic carbocycles. The number of hydrogen-bond donors (Lipinski definition) is 1. The van der Waals surface area contributed by atoms with Gasteiger partial charge in [0.15, 0.2) is 0 Å². The predicted molar refractivity (Wildman–Crippen MR) is 92.8 cm³/mol. The molecule has 0 aliphatic rings. The van der Waals surface area contributed by atoms with Crippen LogP contribution in [0.1, 0.15) is 18.2 Å². The highest BCUT2D eigenvalue weighted by atomic mass is 127. The van der Waals surface area contributed by atoms with Crippen LogP contribution in [-0.4, -0.2) is 23.8 Å². The summed E-state index contributed by atoms with van der Waals surface area (Å²) in [5, 5.41) is 6.59. The molecule has 2 rings (SSSR count). The van der Waals surface area contributed by atoms with E-state index >= 15 is 0 Å². The van der Waals surface area contributed by atoms with Crippen molar-refractivity contribution < 1.29 is 9.53 Å². The van der Waals surface area contributed by atoms with E-state index in [0.717, 1.165) is 5.56 Å². The van der Waals surface area contributed by atoms with Crippen LogP contribution in [0.3, 0.4) is 0 Å². The zero-order chi connectivity index (χ0) is 15.1. The summed E-state index contributed by atoms with van der Waals surface area (Å²) in [5.74, 6) is -0.267. The van der Waals surface area contributed by atoms with Crippen LogP contribution in [0, 0.1) is 3.57 Å². The van der Waals surface area contributed by atoms with E-state index in [1.54, 1.807) is 13.1 Å². The molecule has 7 heteroatoms. The van der Waals surface area contributed by atoms with Crippen LogP contribution < -0.4 is 5.43 Å². The first kappa shape index (κ1) is 15.9. The van der Waals surface area contributed by atoms with Crippen molar-refractivity contribution in [3.05, 3.63) is 44.5 Å². The predicted octanol–water partition coefficient (Wildman–Crippen LogP) is 3.30. The molecule has 110 valence electrons. The Kier molecular flexibility index (Phi) is 6.12. The lowest BCUT2D eigenvalue weighted by Gasteiger charge is -1.98. The second-order valence-corrected chi connectivity index (χ2v) is 6.15. The van der Waals surface area contributed by atoms with Crippen molar-refractivity contribution >= 4 is 51.2 Å². The first-order chi connectivity index (χ1) is 10.2. The van der Waals surface area contributed by atoms with Gasteiger partial charge in [-0.3, -0.25) is 10.2 Å². The second-order valence-electron chi connectivity index (χ2n) is 4.05. The van der Waals surface area contributed by atoms with E-state index < -0.39 is 0 Å². The van der Waals surface area contributed by atoms with Crippen molar-refractivity contribution in [2.75, 3.05) is 12.0 Å². The first-order valence-corrected chi connectivity index (χ1v) is 8.28. The smallest absolute Gasteiger partial charge is 0.311 e. The highest BCUT2D eigenvalue weighted by molar-refractivity contribution is 14.1. The summed E-state index contributed by atoms with van der Waals surface area (Å²) >= 11 is 3.66. The lowest BCUT2D eigenvalue weighted by molar-refractivity contribution is -0.142. The molecule has 1 aromatic heterocycles. The van der Waals surface area contributed by atoms with E-state index in [0.29, 0.717) is 17.4 Å². The van der Waals surface area contributed by atoms with Gasteiger partial charge in [0.25, 0.3) is 0 Å². The van der Waals surface area contributed by atoms with Crippen molar-refractivity contribution in [2.45, 2.75) is 13.3 Å². The van der Waals surface area contributed by atoms with Gasteiger partial charge < -0.3 is 4.74 Å². The number of esters is 1. The molecular formula is C14H14IN3O2S. The number of aromatic nitrogens is 1. The van der Waals surface area contributed by atoms with Crippen LogP contribution >= 0.6 is 33.9 Å². The number of hydrogen-bond acceptors (Lipinski definition) is 6. The number of benzene rings is 1. The van der Waals surface area contributed by atoms with Crippen molar-refractivity contribution in [2.24, 2.45) is 5.10 Å². The quantitative estimate of drug-likeness (QED) is 0.341. The molecule has 0 saturated heterocycles. The molecule has 5 nitrogen and oxygen atoms in total. The number of anilines is 1. The molecule has 0 aliphatic heterocycles. The summed E-state index contributed by atoms with van der Waals surface area (Å²) in [6, 6.07) is 8.01. The van der Waals surface area contributed by atoms with E-state index in [2.05, 4.69) is 38.1 Å². The van der Waals surface area contributed by atoms with Gasteiger partial charge in [-0.25, -0.2) is 4.98 Å². The average molecular weight is 415 g/mol. The molecule has 1 heterocycles. The molecule has 0 atom stereocenters. The summed E-state index contributed by atoms with van der Waals surface area (Å²) in [7, 11) is 0. The molecule has 0 saturated carbocycles. The van der Waals surface area contributed by atoms with Crippen LogP contribution in [0.5, 0.6) is 0 Å². The van der Waals surface area contributed by atoms with E-state index in [1.807, 2.05) is 29.6 Å². The fourth-order valence-electron chi connectivity index (χ4n) is 1.51. The average Bonchev–Trinajstić information content (AvgIpc) is 2.89. The number of nitrogens with zero attached hydrogens (tertiary/aromatic N) is 2. The Morgan fingerprint density at radius 1 is 1.48 bits per heavy atom. The molecule has 0 spiro atoms. The highest BCUT2D eigenvalue weighted by Gasteiger charge is 2.07. The SMILES string of the molecule is CCOC(=O)Cc1csc(NN=Cc2ccc(I)cc2)n1. The fraction of sp³-hybridized carbons (Fsp3) is 0.214. The van der Waals surface area contributed by atoms with Crippen LogP contribution in [0.2, 0.25) is 0 Å². The largest absolute Gasteiger partial charge is 0.466 e. The Morgan fingerprint density at radius 2 is 2.24 bits per heavy atom. The molecule has 0 bridgehead atoms. The Labute approximate surface area is 140 Å². The minimum absolute atomic E-state index is 0.187. The number of hydrazone groups is 1. The minimum Gasteiger partial charge on any atom is -0.466 e. The van der Waals surface area contributed by atoms with E-state index in [4.69, 9.17) is 4.74 Å². The summed E-state index contributed by atoms with van der Waals surface area (Å²) < 4.78 is 6.06. The molecule has 0 radical (unpaired) electrons. The lowest BCUT2D eigenvalue weighted by Crippen LogP contribution is -2.07. The molecular weight excluding hydrogens is 401 g/mol. The number of thiazole rings is 1. The van der Waals surface area contributed by atoms with Gasteiger partial charge in [-0.1, -0.05) is 12.1 Å². The third kappa shape index (κ3) is 5.43. The van der Waals surface area contributed by atoms with Gasteiger partial charge in [-0.2, -0.15) is 5.10 Å². The molecule has 21 heavy (non-hydrogen) atoms. The maximum absolute atomic E-state index is 11.3. The zero-order valence-electron chi connectivity index (χ0n) is 11.4. The normalized spacial score (nSPS) is 10.8. The number of ether oxygens (including phenoxy) is 1. The van der Waals surface area contributed by atoms with Gasteiger partial charge in [-0.05, 0) is 47.2 Å². The Balaban J connectivity index is 1.87. The second kappa shape index (κ2) is 8.08. The topological polar surface area (TPSA) is 63.6 Å². The third-order valence-corrected chi connectivity index (χ3v) is 3.94. The van der Waals surface area contributed by atoms with Crippen molar-refractivity contribution in [3.63, 3.8) is 0 Å². The summed E-state index contributed by atoms with van der Waals surface area (Å²) in [6.45, 7) is 2.17. The van der Waals surface area contributed by atoms with Crippen molar-refractivity contribution in [1.82, 2.24) is 4.98 Å². The first-order valence-electron chi connectivity index (χ1n) is 6.32. The summed E-state index contributed by atoms with van der Waals surface area (Å²) in [4.78, 5) is 15.6. The summed E-state index contributed by atoms with van der Waals surface area (Å²) in [5.41, 5.74) is 4.55. The molecule has 0 unspecified atom stereocenters. The molecule has 0 fully saturated rings. The van der Waals surface area contributed by atoms with Crippen LogP contribution in [-0.2, 0) is 16.0 Å². The maximum atomic E-state index is 11.3. The van der Waals surface area contributed by atoms with Crippen LogP contribution in [0.4, 0.5) is 5.13 Å². The number of nitrogens with one attached hydrogen (secondary N) is 1. The van der Waals surface area contributed by atoms with Crippen LogP contribution in [0.25, 0.3) is 0 Å². The summed E-state index contributed by atoms with van der Waals surface area (Å²) in [6.07, 6.45) is 1.91. The van der Waals surface area contributed by atoms with Crippen molar-refractivity contribution in [1.29, 1.82) is 0 Å². The molecule has 1 N–H and O–H groups in total. The standard InChI is InChI=1S/C14H14IN3O2S/c1-2-20-13(19)7-12-9-21-14(17-12)18-16-8-10-3-5-11(15)6-4-10/h3-6,8-9H,2,7H2,1H3,(H,17,18). The van der Waals surface area contributed by atoms with Gasteiger partial charge in [0, 0.05) is 8.95 Å². The zero-order valence-corrected chi connectivity index (χ0v) is 14.3. The van der Waals surface area contributed by atoms with Gasteiger partial charge in [0.2, 0.25) is 5.13 Å². The number of halogens is 1. The fourth-order valence-corrected chi connectivity index (χ4v) is 2.53.